The van der Waals surface area contributed by atoms with Crippen molar-refractivity contribution in [1.29, 1.82) is 0 Å². The van der Waals surface area contributed by atoms with E-state index < -0.39 is 0 Å². The van der Waals surface area contributed by atoms with Crippen LogP contribution in [0, 0.1) is 12.3 Å². The highest BCUT2D eigenvalue weighted by atomic mass is 16.1. The van der Waals surface area contributed by atoms with Crippen LogP contribution in [-0.2, 0) is 4.79 Å². The van der Waals surface area contributed by atoms with Gasteiger partial charge in [-0.25, -0.2) is 0 Å². The monoisotopic (exact) mass is 179 g/mol. The van der Waals surface area contributed by atoms with Crippen LogP contribution < -0.4 is 5.32 Å². The maximum Gasteiger partial charge on any atom is 0.216 e. The van der Waals surface area contributed by atoms with E-state index in [1.165, 1.54) is 6.92 Å². The number of amides is 1. The molecule has 0 atom stereocenters. The summed E-state index contributed by atoms with van der Waals surface area (Å²) >= 11 is 0. The van der Waals surface area contributed by atoms with E-state index in [0.717, 1.165) is 12.8 Å². The van der Waals surface area contributed by atoms with Gasteiger partial charge in [0.05, 0.1) is 0 Å². The van der Waals surface area contributed by atoms with E-state index in [-0.39, 0.29) is 11.6 Å². The highest BCUT2D eigenvalue weighted by molar-refractivity contribution is 5.72. The smallest absolute Gasteiger partial charge is 0.216 e. The molecule has 0 radical (unpaired) electrons. The summed E-state index contributed by atoms with van der Waals surface area (Å²) in [6.07, 6.45) is 7.38. The highest BCUT2D eigenvalue weighted by Crippen LogP contribution is 2.35. The van der Waals surface area contributed by atoms with Gasteiger partial charge in [-0.15, -0.1) is 12.3 Å². The van der Waals surface area contributed by atoms with E-state index in [4.69, 9.17) is 6.42 Å². The van der Waals surface area contributed by atoms with Gasteiger partial charge in [-0.3, -0.25) is 4.79 Å². The van der Waals surface area contributed by atoms with Crippen molar-refractivity contribution in [2.75, 3.05) is 6.54 Å². The Hall–Kier alpha value is -1.37. The first kappa shape index (κ1) is 9.72. The molecule has 0 aromatic heterocycles. The zero-order valence-electron chi connectivity index (χ0n) is 7.71. The Labute approximate surface area is 77.8 Å². The molecule has 1 aliphatic heterocycles. The second-order valence-electron chi connectivity index (χ2n) is 3.12. The molecule has 4 heteroatoms. The largest absolute Gasteiger partial charge is 0.356 e. The van der Waals surface area contributed by atoms with E-state index in [1.807, 2.05) is 0 Å². The molecule has 1 aliphatic rings. The lowest BCUT2D eigenvalue weighted by Crippen LogP contribution is -2.25. The number of terminal acetylenes is 1. The van der Waals surface area contributed by atoms with Crippen LogP contribution in [0.5, 0.6) is 0 Å². The molecule has 0 aliphatic carbocycles. The minimum atomic E-state index is -0.269. The van der Waals surface area contributed by atoms with Crippen molar-refractivity contribution < 1.29 is 4.79 Å². The number of carbonyl (C=O) groups is 1. The fourth-order valence-electron chi connectivity index (χ4n) is 1.11. The van der Waals surface area contributed by atoms with E-state index in [2.05, 4.69) is 21.5 Å². The zero-order valence-corrected chi connectivity index (χ0v) is 7.71. The fraction of sp³-hybridized carbons (Fsp3) is 0.667. The van der Waals surface area contributed by atoms with Gasteiger partial charge in [0, 0.05) is 32.7 Å². The molecule has 1 amide bonds. The summed E-state index contributed by atoms with van der Waals surface area (Å²) in [4.78, 5) is 10.6. The van der Waals surface area contributed by atoms with Gasteiger partial charge < -0.3 is 5.32 Å². The van der Waals surface area contributed by atoms with Crippen LogP contribution in [0.15, 0.2) is 10.2 Å². The number of hydrogen-bond donors (Lipinski definition) is 1. The number of hydrogen-bond acceptors (Lipinski definition) is 3. The molecule has 0 spiro atoms. The van der Waals surface area contributed by atoms with Gasteiger partial charge in [0.2, 0.25) is 5.91 Å². The average molecular weight is 179 g/mol. The summed E-state index contributed by atoms with van der Waals surface area (Å²) in [5.41, 5.74) is -0.269. The Morgan fingerprint density at radius 1 is 1.54 bits per heavy atom. The average Bonchev–Trinajstić information content (AvgIpc) is 2.82. The van der Waals surface area contributed by atoms with E-state index >= 15 is 0 Å². The van der Waals surface area contributed by atoms with Crippen LogP contribution in [0.4, 0.5) is 0 Å². The third kappa shape index (κ3) is 3.24. The van der Waals surface area contributed by atoms with Crippen LogP contribution in [0.1, 0.15) is 26.2 Å². The maximum atomic E-state index is 10.6. The predicted molar refractivity (Wildman–Crippen MR) is 49.0 cm³/mol. The van der Waals surface area contributed by atoms with Gasteiger partial charge in [-0.05, 0) is 0 Å². The van der Waals surface area contributed by atoms with Crippen molar-refractivity contribution in [1.82, 2.24) is 5.32 Å². The van der Waals surface area contributed by atoms with Crippen molar-refractivity contribution in [2.45, 2.75) is 31.8 Å². The van der Waals surface area contributed by atoms with Crippen LogP contribution in [-0.4, -0.2) is 18.1 Å². The van der Waals surface area contributed by atoms with Gasteiger partial charge >= 0.3 is 0 Å². The molecule has 13 heavy (non-hydrogen) atoms. The minimum Gasteiger partial charge on any atom is -0.356 e. The molecule has 4 nitrogen and oxygen atoms in total. The van der Waals surface area contributed by atoms with Crippen molar-refractivity contribution in [3.8, 4) is 12.3 Å². The van der Waals surface area contributed by atoms with Gasteiger partial charge in [0.1, 0.15) is 0 Å². The highest BCUT2D eigenvalue weighted by Gasteiger charge is 2.38. The first-order valence-electron chi connectivity index (χ1n) is 4.30. The summed E-state index contributed by atoms with van der Waals surface area (Å²) < 4.78 is 0. The molecule has 70 valence electrons. The second-order valence-corrected chi connectivity index (χ2v) is 3.12. The molecular weight excluding hydrogens is 166 g/mol. The Morgan fingerprint density at radius 2 is 2.23 bits per heavy atom. The second kappa shape index (κ2) is 4.04. The first-order chi connectivity index (χ1) is 6.18. The molecule has 0 unspecified atom stereocenters. The van der Waals surface area contributed by atoms with E-state index in [1.54, 1.807) is 0 Å². The molecule has 0 bridgehead atoms. The maximum absolute atomic E-state index is 10.6. The van der Waals surface area contributed by atoms with Gasteiger partial charge in [0.25, 0.3) is 0 Å². The molecule has 1 rings (SSSR count). The fourth-order valence-corrected chi connectivity index (χ4v) is 1.11. The summed E-state index contributed by atoms with van der Waals surface area (Å²) in [5.74, 6) is 2.54. The van der Waals surface area contributed by atoms with Crippen LogP contribution in [0.2, 0.25) is 0 Å². The summed E-state index contributed by atoms with van der Waals surface area (Å²) in [6, 6.07) is 0. The summed E-state index contributed by atoms with van der Waals surface area (Å²) in [6.45, 7) is 2.11. The number of nitrogens with zero attached hydrogens (tertiary/aromatic N) is 2. The Balaban J connectivity index is 2.13. The van der Waals surface area contributed by atoms with Crippen LogP contribution in [0.25, 0.3) is 0 Å². The topological polar surface area (TPSA) is 53.8 Å². The van der Waals surface area contributed by atoms with Crippen molar-refractivity contribution >= 4 is 5.91 Å². The van der Waals surface area contributed by atoms with Crippen molar-refractivity contribution in [3.05, 3.63) is 0 Å². The Kier molecular flexibility index (Phi) is 3.02. The van der Waals surface area contributed by atoms with Gasteiger partial charge in [-0.2, -0.15) is 10.2 Å². The third-order valence-corrected chi connectivity index (χ3v) is 1.95. The SMILES string of the molecule is C#CCCC1(CCNC(C)=O)N=N1. The third-order valence-electron chi connectivity index (χ3n) is 1.95. The molecule has 0 aromatic rings. The lowest BCUT2D eigenvalue weighted by molar-refractivity contribution is -0.118. The Morgan fingerprint density at radius 3 is 2.69 bits per heavy atom. The first-order valence-corrected chi connectivity index (χ1v) is 4.30. The Bertz CT molecular complexity index is 259. The number of carbonyl (C=O) groups excluding carboxylic acids is 1. The zero-order chi connectivity index (χ0) is 9.73. The molecule has 0 aromatic carbocycles. The van der Waals surface area contributed by atoms with Crippen molar-refractivity contribution in [2.24, 2.45) is 10.2 Å². The quantitative estimate of drug-likeness (QED) is 0.631. The summed E-state index contributed by atoms with van der Waals surface area (Å²) in [5, 5.41) is 10.6. The normalized spacial score (nSPS) is 16.3. The standard InChI is InChI=1S/C9H13N3O/c1-3-4-5-9(11-12-9)6-7-10-8(2)13/h1H,4-7H2,2H3,(H,10,13). The van der Waals surface area contributed by atoms with Gasteiger partial charge in [-0.1, -0.05) is 0 Å². The molecular formula is C9H13N3O. The van der Waals surface area contributed by atoms with Crippen LogP contribution in [0.3, 0.4) is 0 Å². The minimum absolute atomic E-state index is 0.0206. The van der Waals surface area contributed by atoms with E-state index in [9.17, 15) is 4.79 Å². The molecule has 0 saturated carbocycles. The summed E-state index contributed by atoms with van der Waals surface area (Å²) in [7, 11) is 0. The number of rotatable bonds is 5. The van der Waals surface area contributed by atoms with Crippen LogP contribution >= 0.6 is 0 Å². The predicted octanol–water partition coefficient (Wildman–Crippen LogP) is 1.09. The molecule has 1 heterocycles. The van der Waals surface area contributed by atoms with Crippen molar-refractivity contribution in [3.63, 3.8) is 0 Å². The lowest BCUT2D eigenvalue weighted by Gasteiger charge is -2.08. The van der Waals surface area contributed by atoms with Gasteiger partial charge in [0.15, 0.2) is 5.66 Å². The molecule has 0 saturated heterocycles. The number of nitrogens with one attached hydrogen (secondary N) is 1. The molecule has 1 N–H and O–H groups in total. The van der Waals surface area contributed by atoms with E-state index in [0.29, 0.717) is 13.0 Å². The molecule has 0 fully saturated rings. The lowest BCUT2D eigenvalue weighted by atomic mass is 10.0.